The van der Waals surface area contributed by atoms with Crippen LogP contribution in [0, 0.1) is 5.92 Å². The molecule has 2 aliphatic heterocycles. The summed E-state index contributed by atoms with van der Waals surface area (Å²) < 4.78 is 13.7. The van der Waals surface area contributed by atoms with Gasteiger partial charge in [0.15, 0.2) is 0 Å². The second kappa shape index (κ2) is 7.03. The van der Waals surface area contributed by atoms with Crippen LogP contribution in [0.3, 0.4) is 0 Å². The highest BCUT2D eigenvalue weighted by Gasteiger charge is 2.39. The first-order chi connectivity index (χ1) is 12.9. The molecule has 2 heterocycles. The number of nitrogens with zero attached hydrogens (tertiary/aromatic N) is 1. The highest BCUT2D eigenvalue weighted by molar-refractivity contribution is 6.05. The van der Waals surface area contributed by atoms with Gasteiger partial charge in [-0.05, 0) is 55.2 Å². The fraction of sp³-hybridized carbons (Fsp3) is 0.550. The van der Waals surface area contributed by atoms with Gasteiger partial charge < -0.3 is 10.6 Å². The van der Waals surface area contributed by atoms with Crippen LogP contribution in [0.4, 0.5) is 4.39 Å². The number of alkyl halides is 1. The Morgan fingerprint density at radius 1 is 1.19 bits per heavy atom. The minimum atomic E-state index is -0.783. The van der Waals surface area contributed by atoms with Crippen molar-refractivity contribution in [3.63, 3.8) is 0 Å². The molecule has 3 N–H and O–H groups in total. The van der Waals surface area contributed by atoms with Gasteiger partial charge in [0.25, 0.3) is 5.91 Å². The summed E-state index contributed by atoms with van der Waals surface area (Å²) in [5.41, 5.74) is 8.69. The van der Waals surface area contributed by atoms with Crippen molar-refractivity contribution in [2.45, 2.75) is 63.3 Å². The van der Waals surface area contributed by atoms with Crippen molar-refractivity contribution in [2.75, 3.05) is 0 Å². The minimum absolute atomic E-state index is 0.00635. The number of carbonyl (C=O) groups is 3. The zero-order valence-corrected chi connectivity index (χ0v) is 15.1. The zero-order chi connectivity index (χ0) is 19.1. The van der Waals surface area contributed by atoms with Gasteiger partial charge in [-0.25, -0.2) is 4.39 Å². The smallest absolute Gasteiger partial charge is 0.255 e. The Balaban J connectivity index is 1.49. The number of carbonyl (C=O) groups excluding carboxylic acids is 3. The highest BCUT2D eigenvalue weighted by Crippen LogP contribution is 2.32. The Morgan fingerprint density at radius 3 is 2.78 bits per heavy atom. The largest absolute Gasteiger partial charge is 0.327 e. The zero-order valence-electron chi connectivity index (χ0n) is 15.1. The maximum atomic E-state index is 13.7. The Morgan fingerprint density at radius 2 is 2.00 bits per heavy atom. The molecule has 0 aromatic heterocycles. The van der Waals surface area contributed by atoms with Crippen molar-refractivity contribution in [2.24, 2.45) is 11.7 Å². The van der Waals surface area contributed by atoms with Crippen LogP contribution in [-0.4, -0.2) is 40.9 Å². The van der Waals surface area contributed by atoms with Crippen molar-refractivity contribution in [3.8, 4) is 0 Å². The van der Waals surface area contributed by atoms with Crippen molar-refractivity contribution in [3.05, 3.63) is 34.9 Å². The number of imide groups is 1. The molecule has 1 unspecified atom stereocenters. The van der Waals surface area contributed by atoms with Gasteiger partial charge in [-0.15, -0.1) is 0 Å². The molecule has 0 spiro atoms. The van der Waals surface area contributed by atoms with Gasteiger partial charge >= 0.3 is 0 Å². The Hall–Kier alpha value is -2.28. The number of rotatable bonds is 3. The average Bonchev–Trinajstić information content (AvgIpc) is 2.94. The van der Waals surface area contributed by atoms with Crippen molar-refractivity contribution in [1.29, 1.82) is 0 Å². The Kier molecular flexibility index (Phi) is 4.72. The number of amides is 3. The van der Waals surface area contributed by atoms with Crippen molar-refractivity contribution in [1.82, 2.24) is 10.2 Å². The van der Waals surface area contributed by atoms with E-state index >= 15 is 0 Å². The molecular weight excluding hydrogens is 349 g/mol. The SMILES string of the molecule is N[C@H]1CC[C@@H](F)C[C@@H]1Cc1ccc2c(c1)CN(C1CCC(=O)NC1=O)C2=O. The molecule has 1 aromatic rings. The van der Waals surface area contributed by atoms with Crippen LogP contribution in [-0.2, 0) is 22.6 Å². The molecule has 27 heavy (non-hydrogen) atoms. The van der Waals surface area contributed by atoms with Crippen LogP contribution < -0.4 is 11.1 Å². The number of benzene rings is 1. The van der Waals surface area contributed by atoms with E-state index in [1.165, 1.54) is 0 Å². The van der Waals surface area contributed by atoms with E-state index in [-0.39, 0.29) is 30.2 Å². The molecule has 0 radical (unpaired) electrons. The molecule has 2 fully saturated rings. The standard InChI is InChI=1S/C20H24FN3O3/c21-14-2-4-16(22)12(9-14)7-11-1-3-15-13(8-11)10-24(20(15)27)17-5-6-18(25)23-19(17)26/h1,3,8,12,14,16-17H,2,4-7,9-10,22H2,(H,23,25,26)/t12-,14+,16-,17?/m0/s1. The fourth-order valence-corrected chi connectivity index (χ4v) is 4.52. The lowest BCUT2D eigenvalue weighted by molar-refractivity contribution is -0.136. The predicted molar refractivity (Wildman–Crippen MR) is 96.4 cm³/mol. The Bertz CT molecular complexity index is 797. The van der Waals surface area contributed by atoms with E-state index in [9.17, 15) is 18.8 Å². The van der Waals surface area contributed by atoms with E-state index in [0.29, 0.717) is 44.2 Å². The number of nitrogens with two attached hydrogens (primary N) is 1. The van der Waals surface area contributed by atoms with E-state index in [1.54, 1.807) is 11.0 Å². The molecule has 1 saturated carbocycles. The first-order valence-corrected chi connectivity index (χ1v) is 9.58. The van der Waals surface area contributed by atoms with Crippen LogP contribution in [0.25, 0.3) is 0 Å². The molecule has 6 nitrogen and oxygen atoms in total. The topological polar surface area (TPSA) is 92.5 Å². The molecule has 3 amide bonds. The number of hydrogen-bond donors (Lipinski definition) is 2. The lowest BCUT2D eigenvalue weighted by Crippen LogP contribution is -2.52. The fourth-order valence-electron chi connectivity index (χ4n) is 4.52. The highest BCUT2D eigenvalue weighted by atomic mass is 19.1. The van der Waals surface area contributed by atoms with Crippen LogP contribution in [0.1, 0.15) is 53.6 Å². The van der Waals surface area contributed by atoms with Gasteiger partial charge in [-0.3, -0.25) is 19.7 Å². The number of nitrogens with one attached hydrogen (secondary N) is 1. The molecule has 3 aliphatic rings. The summed E-state index contributed by atoms with van der Waals surface area (Å²) in [5.74, 6) is -0.771. The summed E-state index contributed by atoms with van der Waals surface area (Å²) in [5, 5.41) is 2.31. The summed E-state index contributed by atoms with van der Waals surface area (Å²) in [7, 11) is 0. The summed E-state index contributed by atoms with van der Waals surface area (Å²) >= 11 is 0. The number of halogens is 1. The van der Waals surface area contributed by atoms with Gasteiger partial charge in [-0.2, -0.15) is 0 Å². The second-order valence-corrected chi connectivity index (χ2v) is 7.93. The van der Waals surface area contributed by atoms with Gasteiger partial charge in [0.1, 0.15) is 12.2 Å². The van der Waals surface area contributed by atoms with Gasteiger partial charge in [-0.1, -0.05) is 12.1 Å². The molecule has 4 rings (SSSR count). The summed E-state index contributed by atoms with van der Waals surface area (Å²) in [6.07, 6.45) is 2.24. The van der Waals surface area contributed by atoms with Crippen LogP contribution in [0.5, 0.6) is 0 Å². The maximum Gasteiger partial charge on any atom is 0.255 e. The van der Waals surface area contributed by atoms with Gasteiger partial charge in [0.05, 0.1) is 0 Å². The van der Waals surface area contributed by atoms with Crippen LogP contribution in [0.15, 0.2) is 18.2 Å². The van der Waals surface area contributed by atoms with E-state index in [0.717, 1.165) is 11.1 Å². The molecule has 7 heteroatoms. The Labute approximate surface area is 157 Å². The van der Waals surface area contributed by atoms with Gasteiger partial charge in [0, 0.05) is 24.6 Å². The molecular formula is C20H24FN3O3. The maximum absolute atomic E-state index is 13.7. The first kappa shape index (κ1) is 18.1. The van der Waals surface area contributed by atoms with E-state index in [4.69, 9.17) is 5.73 Å². The number of piperidine rings is 1. The number of hydrogen-bond acceptors (Lipinski definition) is 4. The number of fused-ring (bicyclic) bond motifs is 1. The first-order valence-electron chi connectivity index (χ1n) is 9.58. The monoisotopic (exact) mass is 373 g/mol. The third-order valence-corrected chi connectivity index (χ3v) is 6.06. The van der Waals surface area contributed by atoms with Gasteiger partial charge in [0.2, 0.25) is 11.8 Å². The average molecular weight is 373 g/mol. The molecule has 1 aliphatic carbocycles. The summed E-state index contributed by atoms with van der Waals surface area (Å²) in [6, 6.07) is 5.07. The predicted octanol–water partition coefficient (Wildman–Crippen LogP) is 1.46. The lowest BCUT2D eigenvalue weighted by atomic mass is 9.80. The molecule has 4 atom stereocenters. The third kappa shape index (κ3) is 3.48. The normalized spacial score (nSPS) is 31.0. The molecule has 1 aromatic carbocycles. The second-order valence-electron chi connectivity index (χ2n) is 7.93. The van der Waals surface area contributed by atoms with Crippen molar-refractivity contribution >= 4 is 17.7 Å². The van der Waals surface area contributed by atoms with E-state index in [2.05, 4.69) is 5.32 Å². The summed E-state index contributed by atoms with van der Waals surface area (Å²) in [4.78, 5) is 37.7. The molecule has 1 saturated heterocycles. The van der Waals surface area contributed by atoms with Crippen LogP contribution in [0.2, 0.25) is 0 Å². The van der Waals surface area contributed by atoms with E-state index in [1.807, 2.05) is 12.1 Å². The van der Waals surface area contributed by atoms with Crippen LogP contribution >= 0.6 is 0 Å². The minimum Gasteiger partial charge on any atom is -0.327 e. The lowest BCUT2D eigenvalue weighted by Gasteiger charge is -2.30. The molecule has 144 valence electrons. The van der Waals surface area contributed by atoms with E-state index < -0.39 is 18.1 Å². The van der Waals surface area contributed by atoms with Crippen molar-refractivity contribution < 1.29 is 18.8 Å². The third-order valence-electron chi connectivity index (χ3n) is 6.06. The summed E-state index contributed by atoms with van der Waals surface area (Å²) in [6.45, 7) is 0.358. The molecule has 0 bridgehead atoms. The quantitative estimate of drug-likeness (QED) is 0.785.